The highest BCUT2D eigenvalue weighted by Crippen LogP contribution is 2.28. The fourth-order valence-electron chi connectivity index (χ4n) is 4.13. The number of benzene rings is 1. The van der Waals surface area contributed by atoms with Gasteiger partial charge in [0.25, 0.3) is 0 Å². The van der Waals surface area contributed by atoms with Gasteiger partial charge in [-0.3, -0.25) is 14.3 Å². The van der Waals surface area contributed by atoms with Crippen molar-refractivity contribution in [1.82, 2.24) is 19.9 Å². The fraction of sp³-hybridized carbons (Fsp3) is 0.360. The molecule has 0 saturated carbocycles. The van der Waals surface area contributed by atoms with Gasteiger partial charge in [0.2, 0.25) is 5.91 Å². The number of carbonyl (C=O) groups excluding carboxylic acids is 1. The molecule has 172 valence electrons. The number of nitrogens with zero attached hydrogens (tertiary/aromatic N) is 3. The molecule has 7 nitrogen and oxygen atoms in total. The third-order valence-corrected chi connectivity index (χ3v) is 6.81. The third-order valence-electron chi connectivity index (χ3n) is 5.79. The highest BCUT2D eigenvalue weighted by molar-refractivity contribution is 7.99. The number of methoxy groups -OCH3 is 1. The Morgan fingerprint density at radius 3 is 2.76 bits per heavy atom. The van der Waals surface area contributed by atoms with Crippen molar-refractivity contribution in [2.75, 3.05) is 19.4 Å². The number of fused-ring (bicyclic) bond motifs is 1. The Labute approximate surface area is 197 Å². The molecular formula is C25H28N4O3S. The Kier molecular flexibility index (Phi) is 7.78. The number of hydrogen-bond acceptors (Lipinski definition) is 6. The van der Waals surface area contributed by atoms with E-state index in [-0.39, 0.29) is 17.3 Å². The van der Waals surface area contributed by atoms with Gasteiger partial charge in [-0.1, -0.05) is 30.0 Å². The van der Waals surface area contributed by atoms with Crippen molar-refractivity contribution in [2.45, 2.75) is 43.7 Å². The molecule has 0 aliphatic heterocycles. The van der Waals surface area contributed by atoms with Gasteiger partial charge in [0.1, 0.15) is 10.8 Å². The zero-order valence-electron chi connectivity index (χ0n) is 18.8. The lowest BCUT2D eigenvalue weighted by Gasteiger charge is -2.22. The third kappa shape index (κ3) is 5.82. The van der Waals surface area contributed by atoms with Crippen molar-refractivity contribution in [1.29, 1.82) is 0 Å². The van der Waals surface area contributed by atoms with E-state index in [1.807, 2.05) is 36.4 Å². The van der Waals surface area contributed by atoms with E-state index < -0.39 is 0 Å². The molecular weight excluding hydrogens is 436 g/mol. The molecule has 1 N–H and O–H groups in total. The lowest BCUT2D eigenvalue weighted by Crippen LogP contribution is -2.31. The average Bonchev–Trinajstić information content (AvgIpc) is 2.85. The summed E-state index contributed by atoms with van der Waals surface area (Å²) >= 11 is 1.36. The van der Waals surface area contributed by atoms with Gasteiger partial charge >= 0.3 is 5.69 Å². The number of nitrogens with one attached hydrogen (secondary N) is 1. The summed E-state index contributed by atoms with van der Waals surface area (Å²) in [6, 6.07) is 11.6. The summed E-state index contributed by atoms with van der Waals surface area (Å²) in [5.41, 5.74) is 3.99. The smallest absolute Gasteiger partial charge is 0.349 e. The van der Waals surface area contributed by atoms with Crippen molar-refractivity contribution in [3.05, 3.63) is 81.7 Å². The van der Waals surface area contributed by atoms with E-state index >= 15 is 0 Å². The van der Waals surface area contributed by atoms with Gasteiger partial charge in [-0.05, 0) is 61.4 Å². The van der Waals surface area contributed by atoms with Gasteiger partial charge in [-0.2, -0.15) is 4.98 Å². The SMILES string of the molecule is COc1ccccc1CCNC(=O)CSc1nc(=O)n(Cc2ccncc2)c2c1CCCC2. The molecule has 0 spiro atoms. The minimum absolute atomic E-state index is 0.0674. The molecule has 0 unspecified atom stereocenters. The van der Waals surface area contributed by atoms with Gasteiger partial charge in [-0.25, -0.2) is 4.79 Å². The van der Waals surface area contributed by atoms with Crippen molar-refractivity contribution >= 4 is 17.7 Å². The summed E-state index contributed by atoms with van der Waals surface area (Å²) < 4.78 is 7.14. The van der Waals surface area contributed by atoms with Gasteiger partial charge in [-0.15, -0.1) is 0 Å². The highest BCUT2D eigenvalue weighted by Gasteiger charge is 2.21. The predicted octanol–water partition coefficient (Wildman–Crippen LogP) is 3.03. The highest BCUT2D eigenvalue weighted by atomic mass is 32.2. The van der Waals surface area contributed by atoms with Gasteiger partial charge in [0.05, 0.1) is 19.4 Å². The number of para-hydroxylation sites is 1. The standard InChI is InChI=1S/C25H28N4O3S/c1-32-22-9-5-2-6-19(22)12-15-27-23(30)17-33-24-20-7-3-4-8-21(20)29(25(31)28-24)16-18-10-13-26-14-11-18/h2,5-6,9-11,13-14H,3-4,7-8,12,15-17H2,1H3,(H,27,30). The normalized spacial score (nSPS) is 12.8. The first-order valence-electron chi connectivity index (χ1n) is 11.2. The Hall–Kier alpha value is -3.13. The average molecular weight is 465 g/mol. The summed E-state index contributed by atoms with van der Waals surface area (Å²) in [6.07, 6.45) is 8.03. The maximum absolute atomic E-state index is 12.9. The van der Waals surface area contributed by atoms with E-state index in [2.05, 4.69) is 15.3 Å². The molecule has 1 aliphatic rings. The molecule has 2 heterocycles. The lowest BCUT2D eigenvalue weighted by atomic mass is 9.97. The molecule has 2 aromatic heterocycles. The Morgan fingerprint density at radius 1 is 1.15 bits per heavy atom. The van der Waals surface area contributed by atoms with E-state index in [1.165, 1.54) is 11.8 Å². The van der Waals surface area contributed by atoms with Gasteiger partial charge in [0.15, 0.2) is 0 Å². The molecule has 0 radical (unpaired) electrons. The van der Waals surface area contributed by atoms with Crippen LogP contribution in [-0.4, -0.2) is 39.8 Å². The number of amides is 1. The van der Waals surface area contributed by atoms with Crippen molar-refractivity contribution in [3.63, 3.8) is 0 Å². The first-order valence-corrected chi connectivity index (χ1v) is 12.2. The van der Waals surface area contributed by atoms with Crippen molar-refractivity contribution in [3.8, 4) is 5.75 Å². The number of rotatable bonds is 9. The van der Waals surface area contributed by atoms with E-state index in [0.717, 1.165) is 53.8 Å². The number of aromatic nitrogens is 3. The van der Waals surface area contributed by atoms with Crippen molar-refractivity contribution in [2.24, 2.45) is 0 Å². The Balaban J connectivity index is 1.40. The molecule has 1 aliphatic carbocycles. The molecule has 1 aromatic carbocycles. The van der Waals surface area contributed by atoms with Crippen LogP contribution in [0.15, 0.2) is 58.6 Å². The summed E-state index contributed by atoms with van der Waals surface area (Å²) in [5, 5.41) is 3.65. The Morgan fingerprint density at radius 2 is 1.94 bits per heavy atom. The van der Waals surface area contributed by atoms with Crippen LogP contribution in [0.2, 0.25) is 0 Å². The predicted molar refractivity (Wildman–Crippen MR) is 129 cm³/mol. The zero-order valence-corrected chi connectivity index (χ0v) is 19.6. The molecule has 0 bridgehead atoms. The first-order chi connectivity index (χ1) is 16.2. The summed E-state index contributed by atoms with van der Waals surface area (Å²) in [5.74, 6) is 0.991. The number of ether oxygens (including phenoxy) is 1. The quantitative estimate of drug-likeness (QED) is 0.387. The van der Waals surface area contributed by atoms with E-state index in [1.54, 1.807) is 24.1 Å². The number of hydrogen-bond donors (Lipinski definition) is 1. The second kappa shape index (κ2) is 11.1. The monoisotopic (exact) mass is 464 g/mol. The van der Waals surface area contributed by atoms with Crippen LogP contribution >= 0.6 is 11.8 Å². The van der Waals surface area contributed by atoms with E-state index in [0.29, 0.717) is 24.5 Å². The van der Waals surface area contributed by atoms with Crippen molar-refractivity contribution < 1.29 is 9.53 Å². The largest absolute Gasteiger partial charge is 0.496 e. The zero-order chi connectivity index (χ0) is 23.0. The fourth-order valence-corrected chi connectivity index (χ4v) is 5.04. The van der Waals surface area contributed by atoms with Crippen LogP contribution in [0.4, 0.5) is 0 Å². The molecule has 8 heteroatoms. The van der Waals surface area contributed by atoms with E-state index in [9.17, 15) is 9.59 Å². The van der Waals surface area contributed by atoms with Crippen LogP contribution in [0.1, 0.15) is 35.2 Å². The minimum atomic E-state index is -0.258. The summed E-state index contributed by atoms with van der Waals surface area (Å²) in [7, 11) is 1.65. The minimum Gasteiger partial charge on any atom is -0.496 e. The van der Waals surface area contributed by atoms with Crippen LogP contribution in [0, 0.1) is 0 Å². The number of pyridine rings is 1. The van der Waals surface area contributed by atoms with Crippen LogP contribution < -0.4 is 15.7 Å². The second-order valence-corrected chi connectivity index (χ2v) is 8.94. The van der Waals surface area contributed by atoms with Crippen LogP contribution in [-0.2, 0) is 30.6 Å². The summed E-state index contributed by atoms with van der Waals surface area (Å²) in [4.78, 5) is 33.7. The van der Waals surface area contributed by atoms with Gasteiger partial charge < -0.3 is 10.1 Å². The maximum Gasteiger partial charge on any atom is 0.349 e. The second-order valence-electron chi connectivity index (χ2n) is 7.97. The first kappa shape index (κ1) is 23.0. The van der Waals surface area contributed by atoms with Crippen LogP contribution in [0.3, 0.4) is 0 Å². The molecule has 3 aromatic rings. The topological polar surface area (TPSA) is 86.1 Å². The van der Waals surface area contributed by atoms with E-state index in [4.69, 9.17) is 4.74 Å². The Bertz CT molecular complexity index is 1160. The number of thioether (sulfide) groups is 1. The van der Waals surface area contributed by atoms with Crippen LogP contribution in [0.25, 0.3) is 0 Å². The molecule has 0 saturated heterocycles. The lowest BCUT2D eigenvalue weighted by molar-refractivity contribution is -0.118. The molecule has 33 heavy (non-hydrogen) atoms. The van der Waals surface area contributed by atoms with Gasteiger partial charge in [0, 0.05) is 30.2 Å². The number of carbonyl (C=O) groups is 1. The molecule has 0 atom stereocenters. The summed E-state index contributed by atoms with van der Waals surface area (Å²) in [6.45, 7) is 1.02. The molecule has 0 fully saturated rings. The van der Waals surface area contributed by atoms with Crippen LogP contribution in [0.5, 0.6) is 5.75 Å². The molecule has 1 amide bonds. The maximum atomic E-state index is 12.9. The molecule has 4 rings (SSSR count).